The third-order valence-electron chi connectivity index (χ3n) is 2.64. The first-order valence-corrected chi connectivity index (χ1v) is 7.17. The lowest BCUT2D eigenvalue weighted by Gasteiger charge is -2.13. The van der Waals surface area contributed by atoms with E-state index in [0.29, 0.717) is 5.56 Å². The lowest BCUT2D eigenvalue weighted by atomic mass is 10.1. The van der Waals surface area contributed by atoms with Gasteiger partial charge in [0.15, 0.2) is 0 Å². The Labute approximate surface area is 137 Å². The van der Waals surface area contributed by atoms with Gasteiger partial charge < -0.3 is 5.32 Å². The van der Waals surface area contributed by atoms with E-state index in [2.05, 4.69) is 5.32 Å². The summed E-state index contributed by atoms with van der Waals surface area (Å²) in [5, 5.41) is 1.87. The van der Waals surface area contributed by atoms with Crippen LogP contribution in [0.4, 0.5) is 18.9 Å². The monoisotopic (exact) mass is 425 g/mol. The Bertz CT molecular complexity index is 688. The molecular formula is C14H8ClF3INO. The third kappa shape index (κ3) is 3.88. The van der Waals surface area contributed by atoms with Crippen molar-refractivity contribution in [2.24, 2.45) is 0 Å². The number of hydrogen-bond donors (Lipinski definition) is 1. The van der Waals surface area contributed by atoms with Gasteiger partial charge in [0, 0.05) is 9.13 Å². The highest BCUT2D eigenvalue weighted by molar-refractivity contribution is 14.1. The average Bonchev–Trinajstić information content (AvgIpc) is 2.39. The highest BCUT2D eigenvalue weighted by Gasteiger charge is 2.34. The molecule has 1 N–H and O–H groups in total. The lowest BCUT2D eigenvalue weighted by molar-refractivity contribution is -0.137. The fourth-order valence-corrected chi connectivity index (χ4v) is 2.50. The minimum atomic E-state index is -4.57. The molecule has 0 fully saturated rings. The second kappa shape index (κ2) is 6.23. The van der Waals surface area contributed by atoms with Crippen LogP contribution in [0.1, 0.15) is 15.9 Å². The maximum atomic E-state index is 12.7. The second-order valence-corrected chi connectivity index (χ2v) is 5.75. The van der Waals surface area contributed by atoms with Gasteiger partial charge in [-0.25, -0.2) is 0 Å². The summed E-state index contributed by atoms with van der Waals surface area (Å²) >= 11 is 7.76. The van der Waals surface area contributed by atoms with Crippen LogP contribution >= 0.6 is 34.2 Å². The Balaban J connectivity index is 2.30. The van der Waals surface area contributed by atoms with Crippen molar-refractivity contribution in [3.8, 4) is 0 Å². The number of anilines is 1. The maximum Gasteiger partial charge on any atom is 0.417 e. The van der Waals surface area contributed by atoms with Crippen molar-refractivity contribution in [2.45, 2.75) is 6.18 Å². The Morgan fingerprint density at radius 3 is 2.43 bits per heavy atom. The first kappa shape index (κ1) is 16.1. The van der Waals surface area contributed by atoms with Crippen molar-refractivity contribution in [1.82, 2.24) is 0 Å². The molecule has 0 spiro atoms. The first-order valence-electron chi connectivity index (χ1n) is 5.71. The molecule has 2 nitrogen and oxygen atoms in total. The summed E-state index contributed by atoms with van der Waals surface area (Å²) in [6.45, 7) is 0. The number of nitrogens with one attached hydrogen (secondary N) is 1. The van der Waals surface area contributed by atoms with E-state index in [4.69, 9.17) is 11.6 Å². The summed E-state index contributed by atoms with van der Waals surface area (Å²) < 4.78 is 39.1. The molecule has 0 heterocycles. The first-order chi connectivity index (χ1) is 9.79. The van der Waals surface area contributed by atoms with Crippen LogP contribution in [0.25, 0.3) is 0 Å². The second-order valence-electron chi connectivity index (χ2n) is 4.13. The van der Waals surface area contributed by atoms with E-state index < -0.39 is 22.7 Å². The Morgan fingerprint density at radius 2 is 1.81 bits per heavy atom. The van der Waals surface area contributed by atoms with E-state index >= 15 is 0 Å². The molecule has 2 aromatic carbocycles. The summed E-state index contributed by atoms with van der Waals surface area (Å²) in [7, 11) is 0. The minimum Gasteiger partial charge on any atom is -0.321 e. The highest BCUT2D eigenvalue weighted by atomic mass is 127. The largest absolute Gasteiger partial charge is 0.417 e. The predicted octanol–water partition coefficient (Wildman–Crippen LogP) is 5.22. The summed E-state index contributed by atoms with van der Waals surface area (Å²) in [5.41, 5.74) is -0.713. The van der Waals surface area contributed by atoms with Gasteiger partial charge in [0.05, 0.1) is 16.3 Å². The van der Waals surface area contributed by atoms with Crippen molar-refractivity contribution < 1.29 is 18.0 Å². The molecule has 0 aliphatic carbocycles. The maximum absolute atomic E-state index is 12.7. The van der Waals surface area contributed by atoms with E-state index in [1.165, 1.54) is 12.1 Å². The third-order valence-corrected chi connectivity index (χ3v) is 3.72. The number of carbonyl (C=O) groups excluding carboxylic acids is 1. The molecule has 21 heavy (non-hydrogen) atoms. The number of hydrogen-bond acceptors (Lipinski definition) is 1. The zero-order chi connectivity index (χ0) is 15.6. The number of rotatable bonds is 2. The van der Waals surface area contributed by atoms with Crippen LogP contribution in [0.5, 0.6) is 0 Å². The molecule has 2 aromatic rings. The number of benzene rings is 2. The van der Waals surface area contributed by atoms with Crippen LogP contribution in [0.3, 0.4) is 0 Å². The molecular weight excluding hydrogens is 418 g/mol. The van der Waals surface area contributed by atoms with Gasteiger partial charge in [0.2, 0.25) is 0 Å². The summed E-state index contributed by atoms with van der Waals surface area (Å²) in [5.74, 6) is -0.519. The molecule has 0 saturated heterocycles. The Morgan fingerprint density at radius 1 is 1.14 bits per heavy atom. The normalized spacial score (nSPS) is 11.3. The van der Waals surface area contributed by atoms with Gasteiger partial charge >= 0.3 is 6.18 Å². The van der Waals surface area contributed by atoms with Crippen molar-refractivity contribution in [2.75, 3.05) is 5.32 Å². The number of halogens is 5. The predicted molar refractivity (Wildman–Crippen MR) is 83.6 cm³/mol. The van der Waals surface area contributed by atoms with E-state index in [1.54, 1.807) is 24.3 Å². The van der Waals surface area contributed by atoms with Crippen LogP contribution in [0.15, 0.2) is 42.5 Å². The van der Waals surface area contributed by atoms with Crippen LogP contribution < -0.4 is 5.32 Å². The van der Waals surface area contributed by atoms with Gasteiger partial charge in [-0.15, -0.1) is 0 Å². The molecule has 0 bridgehead atoms. The zero-order valence-electron chi connectivity index (χ0n) is 10.3. The van der Waals surface area contributed by atoms with Crippen LogP contribution in [0, 0.1) is 3.57 Å². The standard InChI is InChI=1S/C14H8ClF3INO/c15-12-10(14(16,17)18)5-2-6-11(12)20-13(21)8-3-1-4-9(19)7-8/h1-7H,(H,20,21). The molecule has 7 heteroatoms. The molecule has 0 aliphatic heterocycles. The van der Waals surface area contributed by atoms with Gasteiger partial charge in [0.1, 0.15) is 0 Å². The Hall–Kier alpha value is -1.28. The minimum absolute atomic E-state index is 0.0737. The summed E-state index contributed by atoms with van der Waals surface area (Å²) in [6.07, 6.45) is -4.57. The smallest absolute Gasteiger partial charge is 0.321 e. The van der Waals surface area contributed by atoms with Gasteiger partial charge in [-0.05, 0) is 52.9 Å². The highest BCUT2D eigenvalue weighted by Crippen LogP contribution is 2.38. The molecule has 110 valence electrons. The van der Waals surface area contributed by atoms with Crippen molar-refractivity contribution >= 4 is 45.8 Å². The van der Waals surface area contributed by atoms with Gasteiger partial charge in [-0.2, -0.15) is 13.2 Å². The molecule has 0 aliphatic rings. The van der Waals surface area contributed by atoms with E-state index in [-0.39, 0.29) is 5.69 Å². The zero-order valence-corrected chi connectivity index (χ0v) is 13.3. The SMILES string of the molecule is O=C(Nc1cccc(C(F)(F)F)c1Cl)c1cccc(I)c1. The van der Waals surface area contributed by atoms with Crippen molar-refractivity contribution in [1.29, 1.82) is 0 Å². The van der Waals surface area contributed by atoms with E-state index in [0.717, 1.165) is 9.64 Å². The molecule has 0 unspecified atom stereocenters. The fourth-order valence-electron chi connectivity index (χ4n) is 1.67. The quantitative estimate of drug-likeness (QED) is 0.657. The average molecular weight is 426 g/mol. The van der Waals surface area contributed by atoms with Gasteiger partial charge in [-0.1, -0.05) is 23.7 Å². The van der Waals surface area contributed by atoms with E-state index in [1.807, 2.05) is 22.6 Å². The molecule has 0 atom stereocenters. The molecule has 0 saturated carbocycles. The number of alkyl halides is 3. The fraction of sp³-hybridized carbons (Fsp3) is 0.0714. The topological polar surface area (TPSA) is 29.1 Å². The summed E-state index contributed by atoms with van der Waals surface area (Å²) in [4.78, 5) is 12.0. The molecule has 0 radical (unpaired) electrons. The van der Waals surface area contributed by atoms with Gasteiger partial charge in [0.25, 0.3) is 5.91 Å². The number of carbonyl (C=O) groups is 1. The Kier molecular flexibility index (Phi) is 4.77. The van der Waals surface area contributed by atoms with E-state index in [9.17, 15) is 18.0 Å². The van der Waals surface area contributed by atoms with Crippen molar-refractivity contribution in [3.63, 3.8) is 0 Å². The lowest BCUT2D eigenvalue weighted by Crippen LogP contribution is -2.14. The molecule has 2 rings (SSSR count). The molecule has 0 aromatic heterocycles. The number of amides is 1. The summed E-state index contributed by atoms with van der Waals surface area (Å²) in [6, 6.07) is 10.1. The van der Waals surface area contributed by atoms with Crippen molar-refractivity contribution in [3.05, 3.63) is 62.2 Å². The molecule has 1 amide bonds. The van der Waals surface area contributed by atoms with Crippen LogP contribution in [-0.4, -0.2) is 5.91 Å². The van der Waals surface area contributed by atoms with Crippen LogP contribution in [-0.2, 0) is 6.18 Å². The van der Waals surface area contributed by atoms with Gasteiger partial charge in [-0.3, -0.25) is 4.79 Å². The van der Waals surface area contributed by atoms with Crippen LogP contribution in [0.2, 0.25) is 5.02 Å².